The van der Waals surface area contributed by atoms with Crippen molar-refractivity contribution in [1.82, 2.24) is 98.8 Å². The Morgan fingerprint density at radius 2 is 0.745 bits per heavy atom. The van der Waals surface area contributed by atoms with Gasteiger partial charge in [-0.2, -0.15) is 0 Å². The molecule has 0 aliphatic carbocycles. The third-order valence-corrected chi connectivity index (χ3v) is 17.3. The molecule has 10 heterocycles. The van der Waals surface area contributed by atoms with Crippen LogP contribution >= 0.6 is 0 Å². The third-order valence-electron chi connectivity index (χ3n) is 17.3. The summed E-state index contributed by atoms with van der Waals surface area (Å²) in [5, 5.41) is 49.4. The molecule has 707 valence electrons. The molecule has 19 rings (SSSR count). The summed E-state index contributed by atoms with van der Waals surface area (Å²) in [5.74, 6) is -0.0960. The van der Waals surface area contributed by atoms with E-state index in [2.05, 4.69) is 110 Å². The number of ether oxygens (including phenoxy) is 1. The second-order valence-corrected chi connectivity index (χ2v) is 26.2. The van der Waals surface area contributed by atoms with Crippen LogP contribution in [0, 0.1) is 41.4 Å². The van der Waals surface area contributed by atoms with Gasteiger partial charge in [-0.3, -0.25) is 119 Å². The molecule has 0 atom stereocenters. The number of benzene rings is 9. The fourth-order valence-corrected chi connectivity index (χ4v) is 11.4. The number of aliphatic hydroxyl groups is 1. The number of carbonyl (C=O) groups is 5. The summed E-state index contributed by atoms with van der Waals surface area (Å²) in [5.41, 5.74) is 58.0. The van der Waals surface area contributed by atoms with Crippen LogP contribution in [0.1, 0.15) is 45.6 Å². The summed E-state index contributed by atoms with van der Waals surface area (Å²) in [6.07, 6.45) is 28.1. The number of nitrogens with one attached hydrogen (secondary N) is 5. The fraction of sp³-hybridized carbons (Fsp3) is 0.115. The SMILES string of the molecule is CC(=O)OC(C)=O.CC=O.CC=O.CNc1ccc2nccnc2c1.CNc1ccc2nccnc2c1N.CNc1ccc2nccnc2c1[N+](=O)[O-].Cn1c(C=O)nc2c3nccnc3ccc21.Cn1c(CO)nc2c3nccnc3ccc21.N=N.Nc1ccc([N+](=O)[O-])cc1N.Nc1ccc2nccnc2c1.Nc1ccc2nccnc2c1.O.O=[N+]([O-])c1ccc2nccnc2c1.[HH].[O]=[Mn]=[O]. The number of hydrogen-bond acceptors (Lipinski definition) is 43. The van der Waals surface area contributed by atoms with Gasteiger partial charge in [-0.1, -0.05) is 0 Å². The quantitative estimate of drug-likeness (QED) is 0.00983. The van der Waals surface area contributed by atoms with Crippen molar-refractivity contribution >= 4 is 204 Å². The van der Waals surface area contributed by atoms with Crippen LogP contribution in [0.25, 0.3) is 110 Å². The second kappa shape index (κ2) is 56.5. The number of fused-ring (bicyclic) bond motifs is 12. The fourth-order valence-electron chi connectivity index (χ4n) is 11.4. The van der Waals surface area contributed by atoms with E-state index in [0.29, 0.717) is 50.8 Å². The number of aryl methyl sites for hydroxylation is 2. The predicted octanol–water partition coefficient (Wildman–Crippen LogP) is 11.8. The first kappa shape index (κ1) is 109. The number of nitrogens with zero attached hydrogens (tertiary/aromatic N) is 23. The zero-order valence-corrected chi connectivity index (χ0v) is 75.3. The number of non-ortho nitro benzene ring substituents is 2. The number of nitrogen functional groups attached to an aromatic ring is 5. The number of nitro benzene ring substituents is 3. The average molecular weight is 1910 g/mol. The summed E-state index contributed by atoms with van der Waals surface area (Å²) in [7, 11) is 9.03. The molecule has 0 saturated heterocycles. The number of esters is 2. The molecule has 0 radical (unpaired) electrons. The van der Waals surface area contributed by atoms with Gasteiger partial charge in [0.15, 0.2) is 17.6 Å². The van der Waals surface area contributed by atoms with E-state index in [1.54, 1.807) is 117 Å². The Morgan fingerprint density at radius 3 is 1.14 bits per heavy atom. The molecule has 10 aromatic heterocycles. The number of rotatable bonds is 8. The number of imidazole rings is 2. The van der Waals surface area contributed by atoms with Crippen LogP contribution in [0.5, 0.6) is 0 Å². The van der Waals surface area contributed by atoms with Crippen molar-refractivity contribution in [1.29, 1.82) is 11.1 Å². The van der Waals surface area contributed by atoms with Crippen molar-refractivity contribution in [2.45, 2.75) is 34.3 Å². The van der Waals surface area contributed by atoms with Crippen LogP contribution in [0.4, 0.5) is 62.6 Å². The number of anilines is 8. The topological polar surface area (TPSA) is 766 Å². The number of nitro groups is 3. The summed E-state index contributed by atoms with van der Waals surface area (Å²) < 4.78 is 24.4. The van der Waals surface area contributed by atoms with Gasteiger partial charge in [-0.25, -0.2) is 26.0 Å². The van der Waals surface area contributed by atoms with Gasteiger partial charge in [0.05, 0.1) is 115 Å². The summed E-state index contributed by atoms with van der Waals surface area (Å²) in [4.78, 5) is 153. The Bertz CT molecular complexity index is 7290. The van der Waals surface area contributed by atoms with Gasteiger partial charge >= 0.3 is 40.1 Å². The van der Waals surface area contributed by atoms with Crippen LogP contribution in [-0.4, -0.2) is 176 Å². The molecule has 49 nitrogen and oxygen atoms in total. The molecule has 0 bridgehead atoms. The van der Waals surface area contributed by atoms with E-state index in [1.165, 1.54) is 76.6 Å². The van der Waals surface area contributed by atoms with Crippen molar-refractivity contribution in [3.05, 3.63) is 281 Å². The number of aromatic nitrogens is 20. The molecule has 0 spiro atoms. The average Bonchev–Trinajstić information content (AvgIpc) is 1.63. The minimum absolute atomic E-state index is 0. The zero-order chi connectivity index (χ0) is 99.8. The zero-order valence-electron chi connectivity index (χ0n) is 74.2. The van der Waals surface area contributed by atoms with Gasteiger partial charge in [-0.15, -0.1) is 0 Å². The first-order chi connectivity index (χ1) is 65.5. The molecule has 18 N–H and O–H groups in total. The maximum atomic E-state index is 10.9. The molecule has 0 aliphatic heterocycles. The van der Waals surface area contributed by atoms with E-state index in [-0.39, 0.29) is 36.3 Å². The second-order valence-electron chi connectivity index (χ2n) is 26.0. The molecular weight excluding hydrogens is 1820 g/mol. The van der Waals surface area contributed by atoms with Crippen LogP contribution in [-0.2, 0) is 67.1 Å². The van der Waals surface area contributed by atoms with Crippen LogP contribution in [0.3, 0.4) is 0 Å². The van der Waals surface area contributed by atoms with E-state index in [9.17, 15) is 49.8 Å². The first-order valence-electron chi connectivity index (χ1n) is 39.0. The maximum absolute atomic E-state index is 10.9. The number of hydrogen-bond donors (Lipinski definition) is 11. The van der Waals surface area contributed by atoms with Crippen molar-refractivity contribution in [3.8, 4) is 0 Å². The van der Waals surface area contributed by atoms with E-state index >= 15 is 0 Å². The Hall–Kier alpha value is -19.0. The van der Waals surface area contributed by atoms with E-state index < -0.39 is 41.5 Å². The normalized spacial score (nSPS) is 9.65. The summed E-state index contributed by atoms with van der Waals surface area (Å²) in [6, 6.07) is 40.0. The molecule has 0 amide bonds. The molecule has 0 saturated carbocycles. The van der Waals surface area contributed by atoms with E-state index in [4.69, 9.17) is 57.0 Å². The predicted molar refractivity (Wildman–Crippen MR) is 512 cm³/mol. The number of carbonyl (C=O) groups excluding carboxylic acids is 5. The van der Waals surface area contributed by atoms with Crippen molar-refractivity contribution < 1.29 is 78.0 Å². The Kier molecular flexibility index (Phi) is 44.7. The molecule has 0 unspecified atom stereocenters. The minimum atomic E-state index is -1.44. The van der Waals surface area contributed by atoms with Gasteiger partial charge < -0.3 is 78.7 Å². The van der Waals surface area contributed by atoms with Gasteiger partial charge in [-0.05, 0) is 129 Å². The van der Waals surface area contributed by atoms with Gasteiger partial charge in [0, 0.05) is 191 Å². The van der Waals surface area contributed by atoms with Crippen molar-refractivity contribution in [2.75, 3.05) is 65.8 Å². The van der Waals surface area contributed by atoms with E-state index in [1.807, 2.05) is 117 Å². The van der Waals surface area contributed by atoms with Crippen LogP contribution in [0.15, 0.2) is 239 Å². The Labute approximate surface area is 782 Å². The summed E-state index contributed by atoms with van der Waals surface area (Å²) >= 11 is -1.44. The number of aliphatic hydroxyl groups excluding tert-OH is 1. The molecule has 50 heteroatoms. The molecule has 137 heavy (non-hydrogen) atoms. The van der Waals surface area contributed by atoms with Gasteiger partial charge in [0.25, 0.3) is 11.4 Å². The van der Waals surface area contributed by atoms with Gasteiger partial charge in [0.2, 0.25) is 0 Å². The number of nitrogens with two attached hydrogens (primary N) is 5. The van der Waals surface area contributed by atoms with Crippen molar-refractivity contribution in [3.63, 3.8) is 0 Å². The molecule has 9 aromatic carbocycles. The van der Waals surface area contributed by atoms with E-state index in [0.717, 1.165) is 130 Å². The molecular formula is C87H91MnN33O16. The molecule has 0 fully saturated rings. The van der Waals surface area contributed by atoms with Crippen LogP contribution in [0.2, 0.25) is 0 Å². The van der Waals surface area contributed by atoms with Crippen LogP contribution < -0.4 is 44.6 Å². The first-order valence-corrected chi connectivity index (χ1v) is 40.0. The van der Waals surface area contributed by atoms with Gasteiger partial charge in [0.1, 0.15) is 58.3 Å². The standard InChI is InChI=1S/C11H10N4O.C11H8N4O.C9H8N4O2.C9H10N4.C9H9N3.C8H5N3O2.2C8H7N3.C6H7N3O2.C4H6O3.2C2H4O.Mn.H2N2.H2O.2O.H2/c2*1-15-8-3-2-7-10(13-5-4-12-7)11(8)14-9(15)6-16;1-10-7-3-2-6-8(9(7)13(14)15)12-5-4-11-6;1-11-6-2-3-7-9(8(6)10)13-5-4-12-7;1-10-7-2-3-8-9(6-7)12-5-4-11-8;12-11(13)6-1-2-7-8(5-6)10-4-3-9-7;2*9-6-1-2-7-8(5-6)11-4-3-10-7;7-5-2-1-4(9(10)11)3-6(5)8;1-3(5)7-4(2)6;2*1-2-3;;1-2;;;;/h2-5,16H,6H2,1H3;2-6H,1H3;2-5,10H,1H3;2-5,11H,10H2,1H3;2-6,10H,1H3;1-5H;2*1-5H,9H2;1-3H,7-8H2;1-2H3;2*2H,1H3;;1-2H;1H2;;;1H. The Morgan fingerprint density at radius 1 is 0.416 bits per heavy atom. The third kappa shape index (κ3) is 32.0. The molecule has 0 aliphatic rings. The monoisotopic (exact) mass is 1910 g/mol. The Balaban J connectivity index is 0.000000317. The molecule has 19 aromatic rings. The van der Waals surface area contributed by atoms with Crippen molar-refractivity contribution in [2.24, 2.45) is 14.1 Å². The summed E-state index contributed by atoms with van der Waals surface area (Å²) in [6.45, 7) is 5.18. The number of aldehydes is 3.